The Balaban J connectivity index is 1.33. The summed E-state index contributed by atoms with van der Waals surface area (Å²) in [5, 5.41) is 0.930. The van der Waals surface area contributed by atoms with Crippen molar-refractivity contribution >= 4 is 22.6 Å². The van der Waals surface area contributed by atoms with Crippen LogP contribution < -0.4 is 4.90 Å². The number of nitrogens with zero attached hydrogens (tertiary/aromatic N) is 5. The zero-order valence-corrected chi connectivity index (χ0v) is 21.2. The Labute approximate surface area is 216 Å². The Morgan fingerprint density at radius 2 is 1.81 bits per heavy atom. The maximum Gasteiger partial charge on any atom is 0.253 e. The number of aryl methyl sites for hydroxylation is 1. The number of anilines is 1. The van der Waals surface area contributed by atoms with Crippen LogP contribution in [-0.4, -0.2) is 45.4 Å². The fourth-order valence-electron chi connectivity index (χ4n) is 5.59. The minimum Gasteiger partial charge on any atom is -0.351 e. The van der Waals surface area contributed by atoms with Crippen molar-refractivity contribution in [2.24, 2.45) is 5.92 Å². The first-order valence-corrected chi connectivity index (χ1v) is 13.0. The largest absolute Gasteiger partial charge is 0.351 e. The monoisotopic (exact) mass is 495 g/mol. The minimum absolute atomic E-state index is 0.128. The maximum absolute atomic E-state index is 13.9. The molecule has 0 saturated carbocycles. The third-order valence-corrected chi connectivity index (χ3v) is 7.78. The molecule has 0 spiro atoms. The van der Waals surface area contributed by atoms with Crippen LogP contribution in [0.5, 0.6) is 0 Å². The van der Waals surface area contributed by atoms with Crippen molar-refractivity contribution in [3.63, 3.8) is 0 Å². The Kier molecular flexibility index (Phi) is 6.07. The van der Waals surface area contributed by atoms with Gasteiger partial charge in [-0.2, -0.15) is 0 Å². The molecule has 0 aliphatic carbocycles. The number of carbonyl (C=O) groups excluding carboxylic acids is 1. The van der Waals surface area contributed by atoms with E-state index in [1.807, 2.05) is 30.0 Å². The van der Waals surface area contributed by atoms with Crippen LogP contribution in [0.4, 0.5) is 10.2 Å². The second kappa shape index (κ2) is 9.54. The van der Waals surface area contributed by atoms with E-state index in [4.69, 9.17) is 0 Å². The first kappa shape index (κ1) is 23.5. The molecular weight excluding hydrogens is 465 g/mol. The molecule has 0 unspecified atom stereocenters. The van der Waals surface area contributed by atoms with Gasteiger partial charge in [-0.05, 0) is 84.7 Å². The van der Waals surface area contributed by atoms with Crippen LogP contribution >= 0.6 is 0 Å². The average Bonchev–Trinajstić information content (AvgIpc) is 2.92. The summed E-state index contributed by atoms with van der Waals surface area (Å²) in [6, 6.07) is 11.7. The molecule has 2 aliphatic rings. The molecule has 2 aromatic heterocycles. The van der Waals surface area contributed by atoms with Gasteiger partial charge in [-0.25, -0.2) is 14.4 Å². The van der Waals surface area contributed by atoms with Gasteiger partial charge in [0.15, 0.2) is 0 Å². The van der Waals surface area contributed by atoms with Gasteiger partial charge in [0.2, 0.25) is 0 Å². The highest BCUT2D eigenvalue weighted by molar-refractivity contribution is 5.96. The molecule has 6 nitrogen and oxygen atoms in total. The van der Waals surface area contributed by atoms with Crippen LogP contribution in [0.1, 0.15) is 46.8 Å². The Hall–Kier alpha value is -3.87. The van der Waals surface area contributed by atoms with Gasteiger partial charge >= 0.3 is 0 Å². The van der Waals surface area contributed by atoms with Gasteiger partial charge in [0.25, 0.3) is 5.91 Å². The summed E-state index contributed by atoms with van der Waals surface area (Å²) in [6.45, 7) is 7.43. The van der Waals surface area contributed by atoms with Crippen LogP contribution in [0.25, 0.3) is 22.0 Å². The van der Waals surface area contributed by atoms with Crippen molar-refractivity contribution in [3.05, 3.63) is 83.2 Å². The molecule has 2 aromatic carbocycles. The summed E-state index contributed by atoms with van der Waals surface area (Å²) in [5.74, 6) is 1.30. The number of aromatic nitrogens is 3. The molecule has 188 valence electrons. The number of amides is 1. The first-order chi connectivity index (χ1) is 18.0. The Bertz CT molecular complexity index is 1500. The molecule has 1 amide bonds. The number of fused-ring (bicyclic) bond motifs is 2. The highest BCUT2D eigenvalue weighted by atomic mass is 19.1. The number of carbonyl (C=O) groups is 1. The van der Waals surface area contributed by atoms with E-state index in [0.717, 1.165) is 83.4 Å². The summed E-state index contributed by atoms with van der Waals surface area (Å²) in [7, 11) is 0. The average molecular weight is 496 g/mol. The third-order valence-electron chi connectivity index (χ3n) is 7.78. The topological polar surface area (TPSA) is 62.2 Å². The predicted molar refractivity (Wildman–Crippen MR) is 143 cm³/mol. The number of pyridine rings is 1. The number of hydrogen-bond acceptors (Lipinski definition) is 5. The van der Waals surface area contributed by atoms with E-state index >= 15 is 0 Å². The number of halogens is 1. The van der Waals surface area contributed by atoms with Crippen molar-refractivity contribution < 1.29 is 9.18 Å². The van der Waals surface area contributed by atoms with E-state index in [9.17, 15) is 9.18 Å². The predicted octanol–water partition coefficient (Wildman–Crippen LogP) is 5.57. The normalized spacial score (nSPS) is 16.2. The second-order valence-corrected chi connectivity index (χ2v) is 10.4. The molecule has 0 bridgehead atoms. The van der Waals surface area contributed by atoms with Crippen LogP contribution in [0.3, 0.4) is 0 Å². The van der Waals surface area contributed by atoms with Crippen LogP contribution in [-0.2, 0) is 13.0 Å². The third kappa shape index (κ3) is 4.54. The van der Waals surface area contributed by atoms with Crippen LogP contribution in [0.2, 0.25) is 0 Å². The van der Waals surface area contributed by atoms with Crippen LogP contribution in [0, 0.1) is 18.7 Å². The fraction of sp³-hybridized carbons (Fsp3) is 0.333. The van der Waals surface area contributed by atoms with Gasteiger partial charge in [-0.15, -0.1) is 0 Å². The summed E-state index contributed by atoms with van der Waals surface area (Å²) >= 11 is 0. The lowest BCUT2D eigenvalue weighted by atomic mass is 9.95. The van der Waals surface area contributed by atoms with Gasteiger partial charge in [-0.3, -0.25) is 9.78 Å². The van der Waals surface area contributed by atoms with E-state index in [-0.39, 0.29) is 11.7 Å². The molecule has 37 heavy (non-hydrogen) atoms. The highest BCUT2D eigenvalue weighted by Gasteiger charge is 2.25. The summed E-state index contributed by atoms with van der Waals surface area (Å²) in [4.78, 5) is 30.7. The SMILES string of the molecule is Cc1cc(-c2cncc(F)c2)cc2c(N3CCc4ccc(C(=O)N5CCC(C)CC5)cc4C3)ncnc12. The fourth-order valence-corrected chi connectivity index (χ4v) is 5.59. The standard InChI is InChI=1S/C30H30FN5O/c1-19-5-8-35(9-6-19)30(37)22-4-3-21-7-10-36(17-25(21)12-22)29-27-14-23(24-13-26(31)16-32-15-24)11-20(2)28(27)33-18-34-29/h3-4,11-16,18-19H,5-10,17H2,1-2H3. The van der Waals surface area contributed by atoms with Gasteiger partial charge in [0.1, 0.15) is 18.0 Å². The molecule has 0 atom stereocenters. The Morgan fingerprint density at radius 1 is 0.973 bits per heavy atom. The highest BCUT2D eigenvalue weighted by Crippen LogP contribution is 2.33. The lowest BCUT2D eigenvalue weighted by Crippen LogP contribution is -2.38. The van der Waals surface area contributed by atoms with Crippen molar-refractivity contribution in [3.8, 4) is 11.1 Å². The number of benzene rings is 2. The molecule has 0 N–H and O–H groups in total. The molecular formula is C30H30FN5O. The smallest absolute Gasteiger partial charge is 0.253 e. The molecule has 2 aliphatic heterocycles. The number of rotatable bonds is 3. The van der Waals surface area contributed by atoms with E-state index in [0.29, 0.717) is 12.5 Å². The summed E-state index contributed by atoms with van der Waals surface area (Å²) in [5.41, 5.74) is 6.69. The molecule has 4 heterocycles. The molecule has 6 rings (SSSR count). The molecule has 4 aromatic rings. The van der Waals surface area contributed by atoms with Gasteiger partial charge in [-0.1, -0.05) is 13.0 Å². The molecule has 1 saturated heterocycles. The van der Waals surface area contributed by atoms with Gasteiger partial charge < -0.3 is 9.80 Å². The lowest BCUT2D eigenvalue weighted by Gasteiger charge is -2.32. The van der Waals surface area contributed by atoms with Crippen molar-refractivity contribution in [1.82, 2.24) is 19.9 Å². The number of hydrogen-bond donors (Lipinski definition) is 0. The van der Waals surface area contributed by atoms with E-state index in [2.05, 4.69) is 38.9 Å². The quantitative estimate of drug-likeness (QED) is 0.372. The van der Waals surface area contributed by atoms with E-state index in [1.54, 1.807) is 12.5 Å². The van der Waals surface area contributed by atoms with Crippen molar-refractivity contribution in [1.29, 1.82) is 0 Å². The van der Waals surface area contributed by atoms with Gasteiger partial charge in [0.05, 0.1) is 11.7 Å². The van der Waals surface area contributed by atoms with Crippen LogP contribution in [0.15, 0.2) is 55.1 Å². The number of piperidine rings is 1. The summed E-state index contributed by atoms with van der Waals surface area (Å²) in [6.07, 6.45) is 7.51. The molecule has 0 radical (unpaired) electrons. The lowest BCUT2D eigenvalue weighted by molar-refractivity contribution is 0.0697. The molecule has 7 heteroatoms. The summed E-state index contributed by atoms with van der Waals surface area (Å²) < 4.78 is 13.9. The number of likely N-dealkylation sites (tertiary alicyclic amines) is 1. The minimum atomic E-state index is -0.364. The van der Waals surface area contributed by atoms with Crippen molar-refractivity contribution in [2.75, 3.05) is 24.5 Å². The molecule has 1 fully saturated rings. The second-order valence-electron chi connectivity index (χ2n) is 10.4. The zero-order valence-electron chi connectivity index (χ0n) is 21.2. The zero-order chi connectivity index (χ0) is 25.5. The van der Waals surface area contributed by atoms with E-state index in [1.165, 1.54) is 17.8 Å². The van der Waals surface area contributed by atoms with Crippen molar-refractivity contribution in [2.45, 2.75) is 39.7 Å². The maximum atomic E-state index is 13.9. The van der Waals surface area contributed by atoms with E-state index < -0.39 is 0 Å². The van der Waals surface area contributed by atoms with Gasteiger partial charge in [0, 0.05) is 48.9 Å². The Morgan fingerprint density at radius 3 is 2.62 bits per heavy atom. The first-order valence-electron chi connectivity index (χ1n) is 13.0.